The van der Waals surface area contributed by atoms with Crippen molar-refractivity contribution < 1.29 is 9.13 Å². The molecule has 5 heteroatoms. The molecule has 4 nitrogen and oxygen atoms in total. The van der Waals surface area contributed by atoms with E-state index in [1.807, 2.05) is 24.9 Å². The molecule has 1 atom stereocenters. The van der Waals surface area contributed by atoms with Gasteiger partial charge in [-0.25, -0.2) is 4.39 Å². The first-order valence-electron chi connectivity index (χ1n) is 6.71. The van der Waals surface area contributed by atoms with E-state index in [0.717, 1.165) is 5.56 Å². The molecule has 0 aliphatic rings. The molecule has 0 radical (unpaired) electrons. The molecular weight excluding hydrogens is 257 g/mol. The summed E-state index contributed by atoms with van der Waals surface area (Å²) in [6.45, 7) is 3.54. The number of anilines is 1. The standard InChI is InChI=1S/C15H22FN3O/c1-12(18-2)13-5-6-15(14(16)11-13)19(8-4-7-17)9-10-20-3/h5-6,11-12,18H,4,8-10H2,1-3H3. The maximum Gasteiger partial charge on any atom is 0.146 e. The molecule has 0 fully saturated rings. The third-order valence-electron chi connectivity index (χ3n) is 3.30. The second kappa shape index (κ2) is 8.51. The second-order valence-electron chi connectivity index (χ2n) is 4.61. The molecule has 0 amide bonds. The van der Waals surface area contributed by atoms with Gasteiger partial charge in [0.15, 0.2) is 0 Å². The summed E-state index contributed by atoms with van der Waals surface area (Å²) in [7, 11) is 3.45. The van der Waals surface area contributed by atoms with Crippen molar-refractivity contribution in [1.82, 2.24) is 5.32 Å². The topological polar surface area (TPSA) is 48.3 Å². The lowest BCUT2D eigenvalue weighted by Crippen LogP contribution is -2.29. The number of hydrogen-bond donors (Lipinski definition) is 1. The van der Waals surface area contributed by atoms with Crippen molar-refractivity contribution in [3.63, 3.8) is 0 Å². The minimum absolute atomic E-state index is 0.102. The number of nitriles is 1. The van der Waals surface area contributed by atoms with Gasteiger partial charge >= 0.3 is 0 Å². The predicted octanol–water partition coefficient (Wildman–Crippen LogP) is 2.47. The van der Waals surface area contributed by atoms with Crippen LogP contribution in [0, 0.1) is 17.1 Å². The molecule has 0 spiro atoms. The third kappa shape index (κ3) is 4.48. The Hall–Kier alpha value is -1.64. The quantitative estimate of drug-likeness (QED) is 0.794. The van der Waals surface area contributed by atoms with E-state index >= 15 is 0 Å². The molecule has 0 bridgehead atoms. The number of hydrogen-bond acceptors (Lipinski definition) is 4. The van der Waals surface area contributed by atoms with E-state index in [1.165, 1.54) is 0 Å². The number of methoxy groups -OCH3 is 1. The van der Waals surface area contributed by atoms with Crippen LogP contribution in [0.5, 0.6) is 0 Å². The van der Waals surface area contributed by atoms with Crippen molar-refractivity contribution >= 4 is 5.69 Å². The molecule has 0 aliphatic carbocycles. The van der Waals surface area contributed by atoms with Crippen LogP contribution in [0.1, 0.15) is 24.9 Å². The van der Waals surface area contributed by atoms with E-state index in [9.17, 15) is 4.39 Å². The van der Waals surface area contributed by atoms with Crippen LogP contribution < -0.4 is 10.2 Å². The summed E-state index contributed by atoms with van der Waals surface area (Å²) in [5, 5.41) is 11.8. The van der Waals surface area contributed by atoms with Gasteiger partial charge in [-0.3, -0.25) is 0 Å². The molecule has 0 aromatic heterocycles. The molecule has 1 rings (SSSR count). The third-order valence-corrected chi connectivity index (χ3v) is 3.30. The Labute approximate surface area is 120 Å². The number of rotatable bonds is 8. The van der Waals surface area contributed by atoms with Gasteiger partial charge in [0.05, 0.1) is 24.8 Å². The first kappa shape index (κ1) is 16.4. The normalized spacial score (nSPS) is 11.9. The highest BCUT2D eigenvalue weighted by molar-refractivity contribution is 5.49. The minimum atomic E-state index is -0.265. The van der Waals surface area contributed by atoms with Crippen LogP contribution in [-0.2, 0) is 4.74 Å². The largest absolute Gasteiger partial charge is 0.383 e. The molecule has 1 unspecified atom stereocenters. The van der Waals surface area contributed by atoms with Crippen molar-refractivity contribution in [2.24, 2.45) is 0 Å². The number of nitrogens with zero attached hydrogens (tertiary/aromatic N) is 2. The van der Waals surface area contributed by atoms with Crippen molar-refractivity contribution in [3.8, 4) is 6.07 Å². The number of halogens is 1. The van der Waals surface area contributed by atoms with Gasteiger partial charge < -0.3 is 15.0 Å². The summed E-state index contributed by atoms with van der Waals surface area (Å²) in [6, 6.07) is 7.41. The lowest BCUT2D eigenvalue weighted by molar-refractivity contribution is 0.205. The van der Waals surface area contributed by atoms with Gasteiger partial charge in [-0.1, -0.05) is 6.07 Å². The zero-order chi connectivity index (χ0) is 15.0. The highest BCUT2D eigenvalue weighted by Crippen LogP contribution is 2.23. The molecule has 1 N–H and O–H groups in total. The molecular formula is C15H22FN3O. The zero-order valence-corrected chi connectivity index (χ0v) is 12.3. The lowest BCUT2D eigenvalue weighted by Gasteiger charge is -2.24. The lowest BCUT2D eigenvalue weighted by atomic mass is 10.1. The summed E-state index contributed by atoms with van der Waals surface area (Å²) in [6.07, 6.45) is 0.359. The van der Waals surface area contributed by atoms with Crippen molar-refractivity contribution in [3.05, 3.63) is 29.6 Å². The number of ether oxygens (including phenoxy) is 1. The maximum atomic E-state index is 14.3. The Balaban J connectivity index is 2.92. The average Bonchev–Trinajstić information content (AvgIpc) is 2.47. The van der Waals surface area contributed by atoms with Gasteiger partial charge in [0.25, 0.3) is 0 Å². The number of benzene rings is 1. The van der Waals surface area contributed by atoms with Crippen LogP contribution in [0.25, 0.3) is 0 Å². The molecule has 0 aliphatic heterocycles. The highest BCUT2D eigenvalue weighted by Gasteiger charge is 2.13. The van der Waals surface area contributed by atoms with Crippen LogP contribution in [-0.4, -0.2) is 33.9 Å². The monoisotopic (exact) mass is 279 g/mol. The Morgan fingerprint density at radius 1 is 1.45 bits per heavy atom. The van der Waals surface area contributed by atoms with Crippen LogP contribution in [0.15, 0.2) is 18.2 Å². The highest BCUT2D eigenvalue weighted by atomic mass is 19.1. The smallest absolute Gasteiger partial charge is 0.146 e. The first-order valence-corrected chi connectivity index (χ1v) is 6.71. The molecule has 0 heterocycles. The van der Waals surface area contributed by atoms with Gasteiger partial charge in [-0.05, 0) is 31.7 Å². The van der Waals surface area contributed by atoms with Gasteiger partial charge in [-0.2, -0.15) is 5.26 Å². The van der Waals surface area contributed by atoms with E-state index in [4.69, 9.17) is 10.00 Å². The summed E-state index contributed by atoms with van der Waals surface area (Å²) < 4.78 is 19.3. The van der Waals surface area contributed by atoms with E-state index in [1.54, 1.807) is 19.2 Å². The van der Waals surface area contributed by atoms with Gasteiger partial charge in [0, 0.05) is 26.2 Å². The van der Waals surface area contributed by atoms with E-state index in [2.05, 4.69) is 11.4 Å². The Morgan fingerprint density at radius 2 is 2.20 bits per heavy atom. The predicted molar refractivity (Wildman–Crippen MR) is 78.2 cm³/mol. The van der Waals surface area contributed by atoms with E-state index < -0.39 is 0 Å². The fourth-order valence-electron chi connectivity index (χ4n) is 1.95. The van der Waals surface area contributed by atoms with Crippen molar-refractivity contribution in [2.45, 2.75) is 19.4 Å². The van der Waals surface area contributed by atoms with E-state index in [0.29, 0.717) is 31.8 Å². The van der Waals surface area contributed by atoms with Gasteiger partial charge in [0.1, 0.15) is 5.82 Å². The summed E-state index contributed by atoms with van der Waals surface area (Å²) >= 11 is 0. The summed E-state index contributed by atoms with van der Waals surface area (Å²) in [5.74, 6) is -0.265. The number of nitrogens with one attached hydrogen (secondary N) is 1. The first-order chi connectivity index (χ1) is 9.63. The summed E-state index contributed by atoms with van der Waals surface area (Å²) in [5.41, 5.74) is 1.42. The molecule has 1 aromatic carbocycles. The molecule has 0 saturated carbocycles. The minimum Gasteiger partial charge on any atom is -0.383 e. The van der Waals surface area contributed by atoms with Gasteiger partial charge in [-0.15, -0.1) is 0 Å². The second-order valence-corrected chi connectivity index (χ2v) is 4.61. The Kier molecular flexibility index (Phi) is 6.99. The fourth-order valence-corrected chi connectivity index (χ4v) is 1.95. The van der Waals surface area contributed by atoms with Crippen LogP contribution in [0.4, 0.5) is 10.1 Å². The molecule has 0 saturated heterocycles. The molecule has 110 valence electrons. The van der Waals surface area contributed by atoms with Gasteiger partial charge in [0.2, 0.25) is 0 Å². The van der Waals surface area contributed by atoms with E-state index in [-0.39, 0.29) is 11.9 Å². The Bertz CT molecular complexity index is 459. The average molecular weight is 279 g/mol. The van der Waals surface area contributed by atoms with Crippen molar-refractivity contribution in [1.29, 1.82) is 5.26 Å². The fraction of sp³-hybridized carbons (Fsp3) is 0.533. The summed E-state index contributed by atoms with van der Waals surface area (Å²) in [4.78, 5) is 1.84. The van der Waals surface area contributed by atoms with Crippen LogP contribution in [0.3, 0.4) is 0 Å². The molecule has 20 heavy (non-hydrogen) atoms. The zero-order valence-electron chi connectivity index (χ0n) is 12.3. The maximum absolute atomic E-state index is 14.3. The SMILES string of the molecule is CNC(C)c1ccc(N(CCC#N)CCOC)c(F)c1. The van der Waals surface area contributed by atoms with Crippen LogP contribution in [0.2, 0.25) is 0 Å². The van der Waals surface area contributed by atoms with Crippen LogP contribution >= 0.6 is 0 Å². The Morgan fingerprint density at radius 3 is 2.75 bits per heavy atom. The molecule has 1 aromatic rings. The van der Waals surface area contributed by atoms with Crippen molar-refractivity contribution in [2.75, 3.05) is 38.8 Å².